The maximum atomic E-state index is 13.4. The molecule has 1 aromatic rings. The zero-order valence-electron chi connectivity index (χ0n) is 18.5. The number of carbonyl (C=O) groups is 4. The zero-order chi connectivity index (χ0) is 24.2. The van der Waals surface area contributed by atoms with Crippen LogP contribution in [-0.4, -0.2) is 47.7 Å². The Morgan fingerprint density at radius 3 is 1.78 bits per heavy atom. The zero-order valence-corrected chi connectivity index (χ0v) is 18.5. The van der Waals surface area contributed by atoms with Crippen molar-refractivity contribution in [2.75, 3.05) is 18.1 Å². The molecule has 0 bridgehead atoms. The van der Waals surface area contributed by atoms with Crippen molar-refractivity contribution in [2.24, 2.45) is 17.8 Å². The second-order valence-electron chi connectivity index (χ2n) is 8.01. The van der Waals surface area contributed by atoms with E-state index in [1.165, 1.54) is 12.1 Å². The van der Waals surface area contributed by atoms with Gasteiger partial charge in [-0.25, -0.2) is 9.69 Å². The summed E-state index contributed by atoms with van der Waals surface area (Å²) in [4.78, 5) is 61.9. The van der Waals surface area contributed by atoms with Gasteiger partial charge in [0.2, 0.25) is 5.91 Å². The van der Waals surface area contributed by atoms with E-state index in [-0.39, 0.29) is 24.6 Å². The molecule has 2 rings (SSSR count). The second-order valence-corrected chi connectivity index (χ2v) is 8.01. The highest BCUT2D eigenvalue weighted by Crippen LogP contribution is 2.49. The van der Waals surface area contributed by atoms with Crippen molar-refractivity contribution in [1.82, 2.24) is 0 Å². The van der Waals surface area contributed by atoms with E-state index in [9.17, 15) is 29.3 Å². The van der Waals surface area contributed by atoms with Crippen LogP contribution in [0.1, 0.15) is 34.6 Å². The number of amides is 2. The fourth-order valence-corrected chi connectivity index (χ4v) is 3.18. The van der Waals surface area contributed by atoms with E-state index in [1.54, 1.807) is 34.6 Å². The van der Waals surface area contributed by atoms with E-state index in [0.717, 1.165) is 12.1 Å². The Bertz CT molecular complexity index is 881. The summed E-state index contributed by atoms with van der Waals surface area (Å²) in [6.45, 7) is 8.06. The van der Waals surface area contributed by atoms with Crippen LogP contribution in [0.4, 0.5) is 16.2 Å². The number of nitrogens with zero attached hydrogens (tertiary/aromatic N) is 2. The third-order valence-corrected chi connectivity index (χ3v) is 4.54. The minimum Gasteiger partial charge on any atom is -0.466 e. The van der Waals surface area contributed by atoms with Gasteiger partial charge in [-0.05, 0) is 46.8 Å². The second kappa shape index (κ2) is 9.75. The van der Waals surface area contributed by atoms with Gasteiger partial charge in [-0.2, -0.15) is 0 Å². The van der Waals surface area contributed by atoms with Crippen molar-refractivity contribution in [3.05, 3.63) is 34.4 Å². The van der Waals surface area contributed by atoms with Gasteiger partial charge in [0.05, 0.1) is 41.6 Å². The highest BCUT2D eigenvalue weighted by molar-refractivity contribution is 6.17. The fourth-order valence-electron chi connectivity index (χ4n) is 3.18. The molecule has 1 saturated carbocycles. The molecule has 0 N–H and O–H groups in total. The van der Waals surface area contributed by atoms with Gasteiger partial charge < -0.3 is 14.2 Å². The first-order valence-corrected chi connectivity index (χ1v) is 10.1. The molecule has 0 aromatic heterocycles. The third kappa shape index (κ3) is 5.59. The highest BCUT2D eigenvalue weighted by atomic mass is 16.6. The van der Waals surface area contributed by atoms with Crippen LogP contribution >= 0.6 is 0 Å². The van der Waals surface area contributed by atoms with Gasteiger partial charge in [0.15, 0.2) is 0 Å². The summed E-state index contributed by atoms with van der Waals surface area (Å²) in [6.07, 6.45) is -1.05. The smallest absolute Gasteiger partial charge is 0.421 e. The average Bonchev–Trinajstić information content (AvgIpc) is 3.43. The number of rotatable bonds is 7. The lowest BCUT2D eigenvalue weighted by Gasteiger charge is -2.26. The van der Waals surface area contributed by atoms with Crippen LogP contribution in [0, 0.1) is 27.9 Å². The number of carbonyl (C=O) groups excluding carboxylic acids is 4. The van der Waals surface area contributed by atoms with Crippen molar-refractivity contribution < 1.29 is 38.3 Å². The van der Waals surface area contributed by atoms with Crippen molar-refractivity contribution >= 4 is 35.3 Å². The van der Waals surface area contributed by atoms with Crippen LogP contribution in [0.15, 0.2) is 24.3 Å². The molecule has 0 saturated heterocycles. The van der Waals surface area contributed by atoms with E-state index in [0.29, 0.717) is 4.90 Å². The lowest BCUT2D eigenvalue weighted by atomic mass is 10.2. The lowest BCUT2D eigenvalue weighted by molar-refractivity contribution is -0.384. The Balaban J connectivity index is 2.43. The molecule has 3 atom stereocenters. The molecule has 0 heterocycles. The average molecular weight is 450 g/mol. The van der Waals surface area contributed by atoms with Crippen LogP contribution in [0.3, 0.4) is 0 Å². The van der Waals surface area contributed by atoms with Crippen molar-refractivity contribution in [1.29, 1.82) is 0 Å². The molecule has 1 aromatic carbocycles. The number of anilines is 1. The number of non-ortho nitro benzene ring substituents is 1. The summed E-state index contributed by atoms with van der Waals surface area (Å²) >= 11 is 0. The number of hydrogen-bond acceptors (Lipinski definition) is 9. The van der Waals surface area contributed by atoms with Gasteiger partial charge in [0, 0.05) is 12.1 Å². The minimum absolute atomic E-state index is 0.00744. The molecule has 0 aliphatic heterocycles. The predicted octanol–water partition coefficient (Wildman–Crippen LogP) is 2.85. The molecular weight excluding hydrogens is 424 g/mol. The van der Waals surface area contributed by atoms with Gasteiger partial charge in [-0.1, -0.05) is 0 Å². The summed E-state index contributed by atoms with van der Waals surface area (Å²) in [7, 11) is 0. The summed E-state index contributed by atoms with van der Waals surface area (Å²) in [5, 5.41) is 10.9. The molecule has 11 heteroatoms. The van der Waals surface area contributed by atoms with E-state index < -0.39 is 52.2 Å². The SMILES string of the molecule is CCOC(=O)[C@@H]1C(C(=O)N(C(=O)OC(C)(C)C)c2ccc([N+](=O)[O-])cc2)[C@@H]1C(=O)OCC. The van der Waals surface area contributed by atoms with Gasteiger partial charge in [-0.15, -0.1) is 0 Å². The van der Waals surface area contributed by atoms with E-state index >= 15 is 0 Å². The molecular formula is C21H26N2O9. The first-order valence-electron chi connectivity index (χ1n) is 10.1. The number of nitro benzene ring substituents is 1. The molecule has 0 spiro atoms. The number of imide groups is 1. The van der Waals surface area contributed by atoms with E-state index in [4.69, 9.17) is 14.2 Å². The quantitative estimate of drug-likeness (QED) is 0.265. The Morgan fingerprint density at radius 2 is 1.41 bits per heavy atom. The molecule has 1 unspecified atom stereocenters. The summed E-state index contributed by atoms with van der Waals surface area (Å²) < 4.78 is 15.2. The summed E-state index contributed by atoms with van der Waals surface area (Å²) in [6, 6.07) is 4.67. The normalized spacial score (nSPS) is 19.5. The molecule has 1 aliphatic rings. The monoisotopic (exact) mass is 450 g/mol. The molecule has 2 amide bonds. The predicted molar refractivity (Wildman–Crippen MR) is 111 cm³/mol. The van der Waals surface area contributed by atoms with Crippen molar-refractivity contribution in [3.8, 4) is 0 Å². The highest BCUT2D eigenvalue weighted by Gasteiger charge is 2.66. The number of esters is 2. The van der Waals surface area contributed by atoms with Crippen LogP contribution < -0.4 is 4.90 Å². The van der Waals surface area contributed by atoms with Gasteiger partial charge >= 0.3 is 18.0 Å². The molecule has 0 radical (unpaired) electrons. The standard InChI is InChI=1S/C21H26N2O9/c1-6-30-18(25)15-14(16(15)19(26)31-7-2)17(24)22(20(27)32-21(3,4)5)12-8-10-13(11-9-12)23(28)29/h8-11,14-16H,6-7H2,1-5H3/t14?,15-,16+. The molecule has 1 fully saturated rings. The van der Waals surface area contributed by atoms with Crippen LogP contribution in [0.25, 0.3) is 0 Å². The number of benzene rings is 1. The van der Waals surface area contributed by atoms with Gasteiger partial charge in [0.1, 0.15) is 5.60 Å². The number of ether oxygens (including phenoxy) is 3. The molecule has 1 aliphatic carbocycles. The first-order chi connectivity index (χ1) is 14.9. The topological polar surface area (TPSA) is 142 Å². The van der Waals surface area contributed by atoms with Crippen molar-refractivity contribution in [3.63, 3.8) is 0 Å². The first kappa shape index (κ1) is 24.8. The fraction of sp³-hybridized carbons (Fsp3) is 0.524. The van der Waals surface area contributed by atoms with E-state index in [2.05, 4.69) is 0 Å². The van der Waals surface area contributed by atoms with Crippen LogP contribution in [-0.2, 0) is 28.6 Å². The van der Waals surface area contributed by atoms with Crippen LogP contribution in [0.5, 0.6) is 0 Å². The Labute approximate surface area is 184 Å². The van der Waals surface area contributed by atoms with E-state index in [1.807, 2.05) is 0 Å². The number of nitro groups is 1. The Hall–Kier alpha value is -3.50. The Morgan fingerprint density at radius 1 is 0.938 bits per heavy atom. The molecule has 32 heavy (non-hydrogen) atoms. The third-order valence-electron chi connectivity index (χ3n) is 4.54. The minimum atomic E-state index is -1.20. The van der Waals surface area contributed by atoms with Crippen molar-refractivity contribution in [2.45, 2.75) is 40.2 Å². The van der Waals surface area contributed by atoms with Crippen LogP contribution in [0.2, 0.25) is 0 Å². The number of hydrogen-bond donors (Lipinski definition) is 0. The van der Waals surface area contributed by atoms with Gasteiger partial charge in [-0.3, -0.25) is 24.5 Å². The Kier molecular flexibility index (Phi) is 7.55. The summed E-state index contributed by atoms with van der Waals surface area (Å²) in [5.74, 6) is -5.79. The maximum Gasteiger partial charge on any atom is 0.421 e. The summed E-state index contributed by atoms with van der Waals surface area (Å²) in [5.41, 5.74) is -1.21. The van der Waals surface area contributed by atoms with Gasteiger partial charge in [0.25, 0.3) is 5.69 Å². The molecule has 11 nitrogen and oxygen atoms in total. The lowest BCUT2D eigenvalue weighted by Crippen LogP contribution is -2.42. The largest absolute Gasteiger partial charge is 0.466 e. The maximum absolute atomic E-state index is 13.4. The molecule has 174 valence electrons.